The van der Waals surface area contributed by atoms with Crippen LogP contribution in [0.2, 0.25) is 0 Å². The van der Waals surface area contributed by atoms with Crippen molar-refractivity contribution in [3.05, 3.63) is 81.8 Å². The monoisotopic (exact) mass is 376 g/mol. The van der Waals surface area contributed by atoms with E-state index in [1.807, 2.05) is 49.4 Å². The third-order valence-electron chi connectivity index (χ3n) is 4.45. The molecule has 0 radical (unpaired) electrons. The van der Waals surface area contributed by atoms with Crippen molar-refractivity contribution in [2.75, 3.05) is 6.54 Å². The first-order valence-corrected chi connectivity index (χ1v) is 9.45. The fraction of sp³-hybridized carbons (Fsp3) is 0.273. The highest BCUT2D eigenvalue weighted by atomic mass is 16.1. The molecule has 144 valence electrons. The van der Waals surface area contributed by atoms with E-state index in [1.165, 1.54) is 5.56 Å². The summed E-state index contributed by atoms with van der Waals surface area (Å²) in [4.78, 5) is 27.0. The Morgan fingerprint density at radius 1 is 1.04 bits per heavy atom. The van der Waals surface area contributed by atoms with Gasteiger partial charge in [-0.3, -0.25) is 9.59 Å². The number of aromatic amines is 1. The number of aryl methyl sites for hydroxylation is 3. The number of hydrogen-bond donors (Lipinski definition) is 2. The number of hydrogen-bond acceptors (Lipinski definition) is 4. The molecular formula is C22H24N4O2. The summed E-state index contributed by atoms with van der Waals surface area (Å²) < 4.78 is 0. The van der Waals surface area contributed by atoms with E-state index in [0.717, 1.165) is 24.0 Å². The predicted molar refractivity (Wildman–Crippen MR) is 109 cm³/mol. The highest BCUT2D eigenvalue weighted by Gasteiger charge is 2.09. The van der Waals surface area contributed by atoms with E-state index in [1.54, 1.807) is 0 Å². The first-order valence-electron chi connectivity index (χ1n) is 9.45. The number of nitrogens with zero attached hydrogens (tertiary/aromatic N) is 2. The molecule has 0 aliphatic carbocycles. The molecule has 0 saturated carbocycles. The van der Waals surface area contributed by atoms with Crippen molar-refractivity contribution < 1.29 is 4.79 Å². The molecule has 0 bridgehead atoms. The molecule has 0 unspecified atom stereocenters. The summed E-state index contributed by atoms with van der Waals surface area (Å²) in [6.07, 6.45) is 2.28. The Morgan fingerprint density at radius 2 is 1.86 bits per heavy atom. The average molecular weight is 376 g/mol. The van der Waals surface area contributed by atoms with E-state index in [4.69, 9.17) is 0 Å². The summed E-state index contributed by atoms with van der Waals surface area (Å²) in [5.41, 5.74) is 3.12. The van der Waals surface area contributed by atoms with E-state index in [2.05, 4.69) is 32.6 Å². The van der Waals surface area contributed by atoms with Gasteiger partial charge in [0.2, 0.25) is 5.91 Å². The van der Waals surface area contributed by atoms with Crippen LogP contribution in [0.1, 0.15) is 29.7 Å². The van der Waals surface area contributed by atoms with Crippen LogP contribution >= 0.6 is 0 Å². The Kier molecular flexibility index (Phi) is 6.68. The molecule has 3 rings (SSSR count). The van der Waals surface area contributed by atoms with Gasteiger partial charge < -0.3 is 10.3 Å². The lowest BCUT2D eigenvalue weighted by Gasteiger charge is -2.06. The zero-order chi connectivity index (χ0) is 19.8. The highest BCUT2D eigenvalue weighted by molar-refractivity contribution is 5.76. The maximum absolute atomic E-state index is 12.2. The molecule has 1 aromatic heterocycles. The summed E-state index contributed by atoms with van der Waals surface area (Å²) in [6.45, 7) is 2.59. The zero-order valence-corrected chi connectivity index (χ0v) is 15.9. The molecular weight excluding hydrogens is 352 g/mol. The fourth-order valence-electron chi connectivity index (χ4n) is 2.93. The Balaban J connectivity index is 1.46. The first-order chi connectivity index (χ1) is 13.6. The van der Waals surface area contributed by atoms with Crippen LogP contribution in [-0.4, -0.2) is 27.6 Å². The predicted octanol–water partition coefficient (Wildman–Crippen LogP) is 2.82. The minimum absolute atomic E-state index is 0.0861. The second kappa shape index (κ2) is 9.60. The quantitative estimate of drug-likeness (QED) is 0.592. The van der Waals surface area contributed by atoms with Gasteiger partial charge in [-0.2, -0.15) is 0 Å². The van der Waals surface area contributed by atoms with Crippen LogP contribution in [0.5, 0.6) is 0 Å². The van der Waals surface area contributed by atoms with E-state index < -0.39 is 0 Å². The Morgan fingerprint density at radius 3 is 2.61 bits per heavy atom. The summed E-state index contributed by atoms with van der Waals surface area (Å²) >= 11 is 0. The third-order valence-corrected chi connectivity index (χ3v) is 4.45. The molecule has 0 aliphatic heterocycles. The summed E-state index contributed by atoms with van der Waals surface area (Å²) in [7, 11) is 0. The van der Waals surface area contributed by atoms with Gasteiger partial charge in [0.05, 0.1) is 0 Å². The van der Waals surface area contributed by atoms with Crippen molar-refractivity contribution in [3.8, 4) is 11.4 Å². The Labute approximate surface area is 164 Å². The fourth-order valence-corrected chi connectivity index (χ4v) is 2.93. The van der Waals surface area contributed by atoms with Gasteiger partial charge in [0.15, 0.2) is 5.82 Å². The van der Waals surface area contributed by atoms with Crippen molar-refractivity contribution in [3.63, 3.8) is 0 Å². The summed E-state index contributed by atoms with van der Waals surface area (Å²) in [5.74, 6) is 0.347. The highest BCUT2D eigenvalue weighted by Crippen LogP contribution is 2.14. The lowest BCUT2D eigenvalue weighted by molar-refractivity contribution is -0.121. The molecule has 28 heavy (non-hydrogen) atoms. The molecule has 3 aromatic rings. The molecule has 1 heterocycles. The van der Waals surface area contributed by atoms with Crippen LogP contribution in [0.3, 0.4) is 0 Å². The van der Waals surface area contributed by atoms with Crippen molar-refractivity contribution >= 4 is 5.91 Å². The van der Waals surface area contributed by atoms with Gasteiger partial charge >= 0.3 is 0 Å². The number of benzene rings is 2. The molecule has 0 atom stereocenters. The third kappa shape index (κ3) is 5.61. The van der Waals surface area contributed by atoms with Crippen molar-refractivity contribution in [1.29, 1.82) is 0 Å². The van der Waals surface area contributed by atoms with Gasteiger partial charge in [0.1, 0.15) is 5.69 Å². The van der Waals surface area contributed by atoms with Crippen molar-refractivity contribution in [1.82, 2.24) is 20.5 Å². The molecule has 0 saturated heterocycles. The molecule has 0 fully saturated rings. The number of amides is 1. The topological polar surface area (TPSA) is 87.7 Å². The van der Waals surface area contributed by atoms with E-state index in [9.17, 15) is 9.59 Å². The number of rotatable bonds is 8. The maximum Gasteiger partial charge on any atom is 0.273 e. The van der Waals surface area contributed by atoms with Gasteiger partial charge in [0, 0.05) is 24.9 Å². The van der Waals surface area contributed by atoms with E-state index in [-0.39, 0.29) is 30.0 Å². The summed E-state index contributed by atoms with van der Waals surface area (Å²) in [6, 6.07) is 17.8. The number of carbonyl (C=O) groups is 1. The number of H-pyrrole nitrogens is 1. The molecule has 6 heteroatoms. The molecule has 0 spiro atoms. The first kappa shape index (κ1) is 19.5. The van der Waals surface area contributed by atoms with Crippen LogP contribution < -0.4 is 10.9 Å². The second-order valence-electron chi connectivity index (χ2n) is 6.76. The smallest absolute Gasteiger partial charge is 0.273 e. The van der Waals surface area contributed by atoms with E-state index >= 15 is 0 Å². The molecule has 6 nitrogen and oxygen atoms in total. The lowest BCUT2D eigenvalue weighted by Crippen LogP contribution is -2.26. The van der Waals surface area contributed by atoms with Gasteiger partial charge in [-0.05, 0) is 31.4 Å². The SMILES string of the molecule is Cc1cccc(-c2nnc(CCC(=O)NCCCc3ccccc3)c(=O)[nH]2)c1. The Bertz CT molecular complexity index is 983. The van der Waals surface area contributed by atoms with Gasteiger partial charge in [-0.1, -0.05) is 54.1 Å². The van der Waals surface area contributed by atoms with Gasteiger partial charge in [0.25, 0.3) is 5.56 Å². The van der Waals surface area contributed by atoms with Crippen molar-refractivity contribution in [2.24, 2.45) is 0 Å². The standard InChI is InChI=1S/C22H24N4O2/c1-16-7-5-11-18(15-16)21-24-22(28)19(25-26-21)12-13-20(27)23-14-6-10-17-8-3-2-4-9-17/h2-5,7-9,11,15H,6,10,12-14H2,1H3,(H,23,27)(H,24,26,28). The number of nitrogens with one attached hydrogen (secondary N) is 2. The Hall–Kier alpha value is -3.28. The lowest BCUT2D eigenvalue weighted by atomic mass is 10.1. The van der Waals surface area contributed by atoms with E-state index in [0.29, 0.717) is 12.4 Å². The number of carbonyl (C=O) groups excluding carboxylic acids is 1. The van der Waals surface area contributed by atoms with Gasteiger partial charge in [-0.15, -0.1) is 10.2 Å². The maximum atomic E-state index is 12.2. The number of aromatic nitrogens is 3. The minimum atomic E-state index is -0.302. The normalized spacial score (nSPS) is 10.6. The van der Waals surface area contributed by atoms with Crippen LogP contribution in [0.15, 0.2) is 59.4 Å². The molecule has 1 amide bonds. The largest absolute Gasteiger partial charge is 0.356 e. The van der Waals surface area contributed by atoms with Crippen LogP contribution in [0.25, 0.3) is 11.4 Å². The van der Waals surface area contributed by atoms with Crippen LogP contribution in [0.4, 0.5) is 0 Å². The summed E-state index contributed by atoms with van der Waals surface area (Å²) in [5, 5.41) is 11.0. The second-order valence-corrected chi connectivity index (χ2v) is 6.76. The van der Waals surface area contributed by atoms with Crippen LogP contribution in [0, 0.1) is 6.92 Å². The zero-order valence-electron chi connectivity index (χ0n) is 15.9. The van der Waals surface area contributed by atoms with Crippen LogP contribution in [-0.2, 0) is 17.6 Å². The minimum Gasteiger partial charge on any atom is -0.356 e. The molecule has 2 aromatic carbocycles. The average Bonchev–Trinajstić information content (AvgIpc) is 2.71. The van der Waals surface area contributed by atoms with Gasteiger partial charge in [-0.25, -0.2) is 0 Å². The molecule has 0 aliphatic rings. The van der Waals surface area contributed by atoms with Crippen molar-refractivity contribution in [2.45, 2.75) is 32.6 Å². The molecule has 2 N–H and O–H groups in total.